The molecule has 1 aliphatic rings. The number of fused-ring (bicyclic) bond motifs is 1. The molecule has 0 spiro atoms. The summed E-state index contributed by atoms with van der Waals surface area (Å²) in [5, 5.41) is 0. The van der Waals surface area contributed by atoms with Gasteiger partial charge in [0.2, 0.25) is 0 Å². The average molecular weight is 217 g/mol. The maximum Gasteiger partial charge on any atom is 0.112 e. The Labute approximate surface area is 93.8 Å². The summed E-state index contributed by atoms with van der Waals surface area (Å²) in [4.78, 5) is 7.96. The minimum absolute atomic E-state index is 0.425. The molecule has 1 atom stereocenters. The largest absolute Gasteiger partial charge is 0.381 e. The number of imidazole rings is 1. The molecule has 0 bridgehead atoms. The maximum absolute atomic E-state index is 5.62. The van der Waals surface area contributed by atoms with Crippen LogP contribution in [0.4, 0.5) is 0 Å². The van der Waals surface area contributed by atoms with E-state index in [1.165, 1.54) is 0 Å². The lowest BCUT2D eigenvalue weighted by Crippen LogP contribution is -1.99. The second-order valence-corrected chi connectivity index (χ2v) is 4.24. The van der Waals surface area contributed by atoms with Crippen LogP contribution in [0.5, 0.6) is 0 Å². The summed E-state index contributed by atoms with van der Waals surface area (Å²) >= 11 is 0. The summed E-state index contributed by atoms with van der Waals surface area (Å²) in [6.45, 7) is 2.19. The van der Waals surface area contributed by atoms with Gasteiger partial charge in [0.15, 0.2) is 0 Å². The lowest BCUT2D eigenvalue weighted by atomic mass is 10.1. The van der Waals surface area contributed by atoms with Crippen molar-refractivity contribution < 1.29 is 4.74 Å². The fourth-order valence-corrected chi connectivity index (χ4v) is 2.15. The highest BCUT2D eigenvalue weighted by molar-refractivity contribution is 5.76. The highest BCUT2D eigenvalue weighted by Crippen LogP contribution is 2.25. The first-order chi connectivity index (χ1) is 7.86. The molecule has 1 fully saturated rings. The normalized spacial score (nSPS) is 20.7. The van der Waals surface area contributed by atoms with Crippen molar-refractivity contribution in [3.8, 4) is 0 Å². The zero-order valence-corrected chi connectivity index (χ0v) is 9.07. The van der Waals surface area contributed by atoms with Crippen LogP contribution in [0, 0.1) is 0 Å². The number of nitrogens with one attached hydrogen (secondary N) is 1. The molecule has 2 heterocycles. The standard InChI is InChI=1S/C12H15N3O/c13-6-8-1-2-10-11(5-8)15-12(14-10)9-3-4-16-7-9/h1-2,5,9H,3-4,6-7,13H2,(H,14,15). The first-order valence-electron chi connectivity index (χ1n) is 5.63. The van der Waals surface area contributed by atoms with Crippen LogP contribution in [0.25, 0.3) is 11.0 Å². The van der Waals surface area contributed by atoms with Crippen LogP contribution in [0.2, 0.25) is 0 Å². The molecule has 4 nitrogen and oxygen atoms in total. The van der Waals surface area contributed by atoms with E-state index >= 15 is 0 Å². The van der Waals surface area contributed by atoms with Gasteiger partial charge in [0.1, 0.15) is 5.82 Å². The highest BCUT2D eigenvalue weighted by atomic mass is 16.5. The number of aromatic nitrogens is 2. The van der Waals surface area contributed by atoms with Crippen molar-refractivity contribution in [1.29, 1.82) is 0 Å². The Hall–Kier alpha value is -1.39. The molecule has 2 aromatic rings. The molecule has 16 heavy (non-hydrogen) atoms. The lowest BCUT2D eigenvalue weighted by molar-refractivity contribution is 0.193. The van der Waals surface area contributed by atoms with Gasteiger partial charge < -0.3 is 15.5 Å². The molecule has 0 radical (unpaired) electrons. The Balaban J connectivity index is 2.01. The van der Waals surface area contributed by atoms with E-state index in [4.69, 9.17) is 10.5 Å². The smallest absolute Gasteiger partial charge is 0.112 e. The Bertz CT molecular complexity index is 500. The number of nitrogens with two attached hydrogens (primary N) is 1. The van der Waals surface area contributed by atoms with Gasteiger partial charge in [-0.05, 0) is 24.1 Å². The van der Waals surface area contributed by atoms with Crippen molar-refractivity contribution >= 4 is 11.0 Å². The second kappa shape index (κ2) is 3.88. The van der Waals surface area contributed by atoms with E-state index in [9.17, 15) is 0 Å². The fourth-order valence-electron chi connectivity index (χ4n) is 2.15. The quantitative estimate of drug-likeness (QED) is 0.801. The molecule has 1 aliphatic heterocycles. The number of ether oxygens (including phenoxy) is 1. The topological polar surface area (TPSA) is 63.9 Å². The summed E-state index contributed by atoms with van der Waals surface area (Å²) in [5.41, 5.74) is 8.83. The Morgan fingerprint density at radius 1 is 1.50 bits per heavy atom. The van der Waals surface area contributed by atoms with Crippen molar-refractivity contribution in [3.05, 3.63) is 29.6 Å². The van der Waals surface area contributed by atoms with Crippen molar-refractivity contribution in [2.75, 3.05) is 13.2 Å². The molecular weight excluding hydrogens is 202 g/mol. The van der Waals surface area contributed by atoms with Crippen LogP contribution in [0.3, 0.4) is 0 Å². The number of benzene rings is 1. The number of hydrogen-bond donors (Lipinski definition) is 2. The van der Waals surface area contributed by atoms with Gasteiger partial charge in [-0.3, -0.25) is 0 Å². The molecular formula is C12H15N3O. The third-order valence-corrected chi connectivity index (χ3v) is 3.12. The second-order valence-electron chi connectivity index (χ2n) is 4.24. The molecule has 0 saturated carbocycles. The highest BCUT2D eigenvalue weighted by Gasteiger charge is 2.20. The van der Waals surface area contributed by atoms with Crippen molar-refractivity contribution in [2.45, 2.75) is 18.9 Å². The Kier molecular flexibility index (Phi) is 2.38. The van der Waals surface area contributed by atoms with Gasteiger partial charge in [0.25, 0.3) is 0 Å². The maximum atomic E-state index is 5.62. The van der Waals surface area contributed by atoms with Crippen LogP contribution < -0.4 is 5.73 Å². The van der Waals surface area contributed by atoms with Gasteiger partial charge in [-0.1, -0.05) is 6.07 Å². The van der Waals surface area contributed by atoms with Gasteiger partial charge in [0, 0.05) is 19.1 Å². The minimum Gasteiger partial charge on any atom is -0.381 e. The van der Waals surface area contributed by atoms with Gasteiger partial charge in [-0.2, -0.15) is 0 Å². The van der Waals surface area contributed by atoms with Crippen molar-refractivity contribution in [3.63, 3.8) is 0 Å². The van der Waals surface area contributed by atoms with Crippen LogP contribution in [-0.4, -0.2) is 23.2 Å². The molecule has 0 amide bonds. The van der Waals surface area contributed by atoms with Gasteiger partial charge >= 0.3 is 0 Å². The van der Waals surface area contributed by atoms with Gasteiger partial charge in [-0.25, -0.2) is 4.98 Å². The Morgan fingerprint density at radius 2 is 2.44 bits per heavy atom. The van der Waals surface area contributed by atoms with E-state index in [-0.39, 0.29) is 0 Å². The van der Waals surface area contributed by atoms with Crippen LogP contribution in [0.15, 0.2) is 18.2 Å². The molecule has 84 valence electrons. The lowest BCUT2D eigenvalue weighted by Gasteiger charge is -2.00. The molecule has 1 unspecified atom stereocenters. The molecule has 4 heteroatoms. The van der Waals surface area contributed by atoms with E-state index in [1.54, 1.807) is 0 Å². The molecule has 3 rings (SSSR count). The molecule has 1 aromatic heterocycles. The van der Waals surface area contributed by atoms with E-state index < -0.39 is 0 Å². The third kappa shape index (κ3) is 1.60. The van der Waals surface area contributed by atoms with E-state index in [0.717, 1.165) is 42.1 Å². The molecule has 3 N–H and O–H groups in total. The molecule has 1 saturated heterocycles. The SMILES string of the molecule is NCc1ccc2nc(C3CCOC3)[nH]c2c1. The monoisotopic (exact) mass is 217 g/mol. The number of hydrogen-bond acceptors (Lipinski definition) is 3. The number of H-pyrrole nitrogens is 1. The summed E-state index contributed by atoms with van der Waals surface area (Å²) in [6.07, 6.45) is 1.06. The molecule has 1 aromatic carbocycles. The predicted molar refractivity (Wildman–Crippen MR) is 62.2 cm³/mol. The number of rotatable bonds is 2. The van der Waals surface area contributed by atoms with E-state index in [1.807, 2.05) is 12.1 Å². The first kappa shape index (κ1) is 9.81. The van der Waals surface area contributed by atoms with Crippen molar-refractivity contribution in [1.82, 2.24) is 9.97 Å². The van der Waals surface area contributed by atoms with E-state index in [0.29, 0.717) is 12.5 Å². The first-order valence-corrected chi connectivity index (χ1v) is 5.63. The average Bonchev–Trinajstić information content (AvgIpc) is 2.96. The van der Waals surface area contributed by atoms with Crippen LogP contribution in [0.1, 0.15) is 23.7 Å². The Morgan fingerprint density at radius 3 is 3.19 bits per heavy atom. The summed E-state index contributed by atoms with van der Waals surface area (Å²) < 4.78 is 5.37. The third-order valence-electron chi connectivity index (χ3n) is 3.12. The van der Waals surface area contributed by atoms with Gasteiger partial charge in [-0.15, -0.1) is 0 Å². The zero-order valence-electron chi connectivity index (χ0n) is 9.07. The van der Waals surface area contributed by atoms with E-state index in [2.05, 4.69) is 16.0 Å². The van der Waals surface area contributed by atoms with Crippen LogP contribution in [-0.2, 0) is 11.3 Å². The summed E-state index contributed by atoms with van der Waals surface area (Å²) in [6, 6.07) is 6.12. The molecule has 0 aliphatic carbocycles. The number of aromatic amines is 1. The summed E-state index contributed by atoms with van der Waals surface area (Å²) in [5.74, 6) is 1.47. The fraction of sp³-hybridized carbons (Fsp3) is 0.417. The predicted octanol–water partition coefficient (Wildman–Crippen LogP) is 1.53. The van der Waals surface area contributed by atoms with Crippen LogP contribution >= 0.6 is 0 Å². The zero-order chi connectivity index (χ0) is 11.0. The number of nitrogens with zero attached hydrogens (tertiary/aromatic N) is 1. The summed E-state index contributed by atoms with van der Waals surface area (Å²) in [7, 11) is 0. The van der Waals surface area contributed by atoms with Gasteiger partial charge in [0.05, 0.1) is 17.6 Å². The minimum atomic E-state index is 0.425. The van der Waals surface area contributed by atoms with Crippen molar-refractivity contribution in [2.24, 2.45) is 5.73 Å².